The summed E-state index contributed by atoms with van der Waals surface area (Å²) in [6.45, 7) is 3.08. The molecule has 2 N–H and O–H groups in total. The van der Waals surface area contributed by atoms with Crippen LogP contribution in [0.5, 0.6) is 5.75 Å². The van der Waals surface area contributed by atoms with Gasteiger partial charge in [0.25, 0.3) is 0 Å². The first-order chi connectivity index (χ1) is 8.58. The highest BCUT2D eigenvalue weighted by atomic mass is 16.3. The van der Waals surface area contributed by atoms with E-state index >= 15 is 0 Å². The zero-order chi connectivity index (χ0) is 13.1. The van der Waals surface area contributed by atoms with Crippen LogP contribution in [-0.4, -0.2) is 40.2 Å². The fourth-order valence-corrected chi connectivity index (χ4v) is 2.34. The van der Waals surface area contributed by atoms with E-state index in [1.807, 2.05) is 6.07 Å². The quantitative estimate of drug-likeness (QED) is 0.845. The molecule has 2 rings (SSSR count). The molecule has 18 heavy (non-hydrogen) atoms. The number of rotatable bonds is 3. The molecule has 1 saturated heterocycles. The Balaban J connectivity index is 1.96. The first kappa shape index (κ1) is 12.9. The third-order valence-electron chi connectivity index (χ3n) is 3.59. The van der Waals surface area contributed by atoms with Crippen molar-refractivity contribution >= 4 is 5.91 Å². The summed E-state index contributed by atoms with van der Waals surface area (Å²) < 4.78 is 0. The minimum Gasteiger partial charge on any atom is -0.508 e. The number of carbonyl (C=O) groups excluding carboxylic acids is 1. The molecule has 4 nitrogen and oxygen atoms in total. The van der Waals surface area contributed by atoms with E-state index in [2.05, 4.69) is 0 Å². The molecule has 0 aromatic heterocycles. The van der Waals surface area contributed by atoms with Gasteiger partial charge < -0.3 is 15.1 Å². The number of benzene rings is 1. The van der Waals surface area contributed by atoms with Crippen LogP contribution >= 0.6 is 0 Å². The molecule has 1 aromatic carbocycles. The third-order valence-corrected chi connectivity index (χ3v) is 3.59. The number of hydrogen-bond donors (Lipinski definition) is 2. The van der Waals surface area contributed by atoms with Crippen molar-refractivity contribution < 1.29 is 15.0 Å². The summed E-state index contributed by atoms with van der Waals surface area (Å²) >= 11 is 0. The number of aliphatic hydroxyl groups excluding tert-OH is 1. The Bertz CT molecular complexity index is 431. The summed E-state index contributed by atoms with van der Waals surface area (Å²) in [6.07, 6.45) is 0.705. The van der Waals surface area contributed by atoms with Gasteiger partial charge in [0.2, 0.25) is 5.91 Å². The molecule has 1 aliphatic heterocycles. The van der Waals surface area contributed by atoms with E-state index in [9.17, 15) is 15.0 Å². The fourth-order valence-electron chi connectivity index (χ4n) is 2.34. The van der Waals surface area contributed by atoms with Gasteiger partial charge in [0.1, 0.15) is 5.75 Å². The Morgan fingerprint density at radius 1 is 1.50 bits per heavy atom. The second-order valence-corrected chi connectivity index (χ2v) is 4.93. The monoisotopic (exact) mass is 249 g/mol. The second-order valence-electron chi connectivity index (χ2n) is 4.93. The Hall–Kier alpha value is -1.55. The molecule has 1 aromatic rings. The molecule has 0 aliphatic carbocycles. The van der Waals surface area contributed by atoms with Crippen LogP contribution in [0, 0.1) is 5.92 Å². The largest absolute Gasteiger partial charge is 0.508 e. The van der Waals surface area contributed by atoms with Crippen molar-refractivity contribution in [3.05, 3.63) is 29.8 Å². The molecule has 1 amide bonds. The van der Waals surface area contributed by atoms with Gasteiger partial charge in [-0.3, -0.25) is 4.79 Å². The number of para-hydroxylation sites is 1. The molecule has 0 bridgehead atoms. The van der Waals surface area contributed by atoms with Crippen LogP contribution in [0.15, 0.2) is 24.3 Å². The van der Waals surface area contributed by atoms with Crippen molar-refractivity contribution in [2.24, 2.45) is 5.92 Å². The minimum absolute atomic E-state index is 0.0136. The summed E-state index contributed by atoms with van der Waals surface area (Å²) in [7, 11) is 0. The third kappa shape index (κ3) is 2.82. The van der Waals surface area contributed by atoms with E-state index in [-0.39, 0.29) is 30.1 Å². The molecule has 1 aliphatic rings. The van der Waals surface area contributed by atoms with Crippen LogP contribution in [0.4, 0.5) is 0 Å². The van der Waals surface area contributed by atoms with E-state index in [1.165, 1.54) is 0 Å². The zero-order valence-electron chi connectivity index (χ0n) is 10.5. The zero-order valence-corrected chi connectivity index (χ0v) is 10.5. The van der Waals surface area contributed by atoms with Crippen LogP contribution in [0.3, 0.4) is 0 Å². The number of phenols is 1. The predicted molar refractivity (Wildman–Crippen MR) is 68.2 cm³/mol. The molecular formula is C14H19NO3. The molecule has 98 valence electrons. The SMILES string of the molecule is CC(O)C1CCN(C(=O)Cc2ccccc2O)C1. The lowest BCUT2D eigenvalue weighted by atomic mass is 10.0. The number of hydrogen-bond acceptors (Lipinski definition) is 3. The molecule has 0 spiro atoms. The summed E-state index contributed by atoms with van der Waals surface area (Å²) in [5.74, 6) is 0.357. The Morgan fingerprint density at radius 2 is 2.22 bits per heavy atom. The van der Waals surface area contributed by atoms with E-state index in [0.29, 0.717) is 18.7 Å². The van der Waals surface area contributed by atoms with Gasteiger partial charge in [0.15, 0.2) is 0 Å². The Kier molecular flexibility index (Phi) is 3.87. The first-order valence-electron chi connectivity index (χ1n) is 6.30. The standard InChI is InChI=1S/C14H19NO3/c1-10(16)12-6-7-15(9-12)14(18)8-11-4-2-3-5-13(11)17/h2-5,10,12,16-17H,6-9H2,1H3. The number of aromatic hydroxyl groups is 1. The maximum absolute atomic E-state index is 12.1. The topological polar surface area (TPSA) is 60.8 Å². The van der Waals surface area contributed by atoms with Crippen LogP contribution in [0.2, 0.25) is 0 Å². The second kappa shape index (κ2) is 5.40. The van der Waals surface area contributed by atoms with Gasteiger partial charge in [0.05, 0.1) is 12.5 Å². The molecule has 0 radical (unpaired) electrons. The predicted octanol–water partition coefficient (Wildman–Crippen LogP) is 1.16. The van der Waals surface area contributed by atoms with Crippen LogP contribution in [0.1, 0.15) is 18.9 Å². The number of phenolic OH excluding ortho intramolecular Hbond substituents is 1. The fraction of sp³-hybridized carbons (Fsp3) is 0.500. The number of likely N-dealkylation sites (tertiary alicyclic amines) is 1. The average molecular weight is 249 g/mol. The normalized spacial score (nSPS) is 21.0. The smallest absolute Gasteiger partial charge is 0.227 e. The van der Waals surface area contributed by atoms with E-state index in [1.54, 1.807) is 30.0 Å². The molecule has 2 atom stereocenters. The van der Waals surface area contributed by atoms with Crippen LogP contribution < -0.4 is 0 Å². The highest BCUT2D eigenvalue weighted by Crippen LogP contribution is 2.22. The van der Waals surface area contributed by atoms with E-state index < -0.39 is 0 Å². The lowest BCUT2D eigenvalue weighted by Gasteiger charge is -2.18. The number of carbonyl (C=O) groups is 1. The Labute approximate surface area is 107 Å². The summed E-state index contributed by atoms with van der Waals surface area (Å²) in [5, 5.41) is 19.1. The van der Waals surface area contributed by atoms with Crippen molar-refractivity contribution in [1.82, 2.24) is 4.90 Å². The van der Waals surface area contributed by atoms with Gasteiger partial charge in [-0.2, -0.15) is 0 Å². The van der Waals surface area contributed by atoms with Crippen molar-refractivity contribution in [2.45, 2.75) is 25.9 Å². The van der Waals surface area contributed by atoms with Gasteiger partial charge in [-0.25, -0.2) is 0 Å². The Morgan fingerprint density at radius 3 is 2.83 bits per heavy atom. The minimum atomic E-state index is -0.368. The average Bonchev–Trinajstić information content (AvgIpc) is 2.81. The van der Waals surface area contributed by atoms with Gasteiger partial charge in [-0.05, 0) is 19.4 Å². The van der Waals surface area contributed by atoms with Crippen LogP contribution in [-0.2, 0) is 11.2 Å². The highest BCUT2D eigenvalue weighted by molar-refractivity contribution is 5.79. The number of aliphatic hydroxyl groups is 1. The summed E-state index contributed by atoms with van der Waals surface area (Å²) in [4.78, 5) is 13.8. The molecule has 4 heteroatoms. The maximum atomic E-state index is 12.1. The van der Waals surface area contributed by atoms with Gasteiger partial charge in [0, 0.05) is 24.6 Å². The number of nitrogens with zero attached hydrogens (tertiary/aromatic N) is 1. The maximum Gasteiger partial charge on any atom is 0.227 e. The van der Waals surface area contributed by atoms with E-state index in [4.69, 9.17) is 0 Å². The van der Waals surface area contributed by atoms with Crippen molar-refractivity contribution in [3.8, 4) is 5.75 Å². The van der Waals surface area contributed by atoms with Crippen molar-refractivity contribution in [2.75, 3.05) is 13.1 Å². The van der Waals surface area contributed by atoms with Gasteiger partial charge in [-0.15, -0.1) is 0 Å². The first-order valence-corrected chi connectivity index (χ1v) is 6.30. The lowest BCUT2D eigenvalue weighted by Crippen LogP contribution is -2.31. The van der Waals surface area contributed by atoms with Crippen molar-refractivity contribution in [3.63, 3.8) is 0 Å². The molecule has 1 heterocycles. The van der Waals surface area contributed by atoms with Gasteiger partial charge in [-0.1, -0.05) is 18.2 Å². The lowest BCUT2D eigenvalue weighted by molar-refractivity contribution is -0.129. The van der Waals surface area contributed by atoms with Crippen molar-refractivity contribution in [1.29, 1.82) is 0 Å². The highest BCUT2D eigenvalue weighted by Gasteiger charge is 2.29. The van der Waals surface area contributed by atoms with Gasteiger partial charge >= 0.3 is 0 Å². The van der Waals surface area contributed by atoms with E-state index in [0.717, 1.165) is 6.42 Å². The molecule has 2 unspecified atom stereocenters. The summed E-state index contributed by atoms with van der Waals surface area (Å²) in [6, 6.07) is 6.90. The number of amides is 1. The van der Waals surface area contributed by atoms with Crippen LogP contribution in [0.25, 0.3) is 0 Å². The molecular weight excluding hydrogens is 230 g/mol. The molecule has 0 saturated carbocycles. The summed E-state index contributed by atoms with van der Waals surface area (Å²) in [5.41, 5.74) is 0.656. The molecule has 1 fully saturated rings.